The van der Waals surface area contributed by atoms with E-state index in [0.717, 1.165) is 23.0 Å². The second-order valence-corrected chi connectivity index (χ2v) is 4.58. The van der Waals surface area contributed by atoms with Gasteiger partial charge in [-0.3, -0.25) is 4.79 Å². The van der Waals surface area contributed by atoms with Gasteiger partial charge in [0.25, 0.3) is 0 Å². The molecule has 2 aromatic rings. The third-order valence-electron chi connectivity index (χ3n) is 3.46. The standard InChI is InChI=1S/C16H12O3/c17-6-5-10-7-11(9-18)15-14(8-10)12-3-1-2-4-13(12)16(15)19/h1-4,6-8,18H,5,9H2. The Labute approximate surface area is 110 Å². The van der Waals surface area contributed by atoms with Crippen LogP contribution in [0.4, 0.5) is 0 Å². The lowest BCUT2D eigenvalue weighted by molar-refractivity contribution is -0.107. The summed E-state index contributed by atoms with van der Waals surface area (Å²) in [5.41, 5.74) is 4.35. The monoisotopic (exact) mass is 252 g/mol. The van der Waals surface area contributed by atoms with Gasteiger partial charge in [-0.15, -0.1) is 0 Å². The van der Waals surface area contributed by atoms with Gasteiger partial charge in [-0.05, 0) is 28.3 Å². The quantitative estimate of drug-likeness (QED) is 0.726. The first-order valence-corrected chi connectivity index (χ1v) is 6.10. The lowest BCUT2D eigenvalue weighted by Crippen LogP contribution is -2.02. The van der Waals surface area contributed by atoms with Crippen molar-refractivity contribution in [2.24, 2.45) is 0 Å². The lowest BCUT2D eigenvalue weighted by atomic mass is 9.96. The second kappa shape index (κ2) is 4.44. The minimum absolute atomic E-state index is 0.0488. The fourth-order valence-electron chi connectivity index (χ4n) is 2.64. The van der Waals surface area contributed by atoms with Crippen molar-refractivity contribution in [3.63, 3.8) is 0 Å². The van der Waals surface area contributed by atoms with Crippen molar-refractivity contribution in [2.45, 2.75) is 13.0 Å². The van der Waals surface area contributed by atoms with Crippen LogP contribution < -0.4 is 0 Å². The van der Waals surface area contributed by atoms with E-state index in [1.165, 1.54) is 0 Å². The minimum atomic E-state index is -0.200. The normalized spacial score (nSPS) is 12.2. The summed E-state index contributed by atoms with van der Waals surface area (Å²) in [6.07, 6.45) is 1.11. The van der Waals surface area contributed by atoms with Crippen molar-refractivity contribution in [1.82, 2.24) is 0 Å². The average molecular weight is 252 g/mol. The van der Waals surface area contributed by atoms with Crippen LogP contribution in [0, 0.1) is 0 Å². The number of benzene rings is 2. The number of carbonyl (C=O) groups is 2. The van der Waals surface area contributed by atoms with Gasteiger partial charge in [0, 0.05) is 17.5 Å². The van der Waals surface area contributed by atoms with Crippen LogP contribution in [-0.2, 0) is 17.8 Å². The fourth-order valence-corrected chi connectivity index (χ4v) is 2.64. The molecule has 3 rings (SSSR count). The zero-order valence-electron chi connectivity index (χ0n) is 10.2. The number of carbonyl (C=O) groups excluding carboxylic acids is 2. The van der Waals surface area contributed by atoms with Gasteiger partial charge in [0.05, 0.1) is 6.61 Å². The van der Waals surface area contributed by atoms with E-state index in [1.807, 2.05) is 24.3 Å². The highest BCUT2D eigenvalue weighted by Crippen LogP contribution is 2.39. The molecule has 0 saturated carbocycles. The number of aldehydes is 1. The van der Waals surface area contributed by atoms with Gasteiger partial charge < -0.3 is 9.90 Å². The van der Waals surface area contributed by atoms with Crippen LogP contribution in [0.2, 0.25) is 0 Å². The molecule has 0 aliphatic heterocycles. The van der Waals surface area contributed by atoms with E-state index in [4.69, 9.17) is 0 Å². The average Bonchev–Trinajstić information content (AvgIpc) is 2.73. The van der Waals surface area contributed by atoms with Crippen molar-refractivity contribution in [3.8, 4) is 11.1 Å². The van der Waals surface area contributed by atoms with E-state index in [9.17, 15) is 14.7 Å². The summed E-state index contributed by atoms with van der Waals surface area (Å²) >= 11 is 0. The molecule has 1 N–H and O–H groups in total. The molecule has 0 bridgehead atoms. The van der Waals surface area contributed by atoms with Crippen molar-refractivity contribution in [3.05, 3.63) is 58.7 Å². The van der Waals surface area contributed by atoms with E-state index in [2.05, 4.69) is 0 Å². The maximum Gasteiger partial charge on any atom is 0.194 e. The Bertz CT molecular complexity index is 686. The van der Waals surface area contributed by atoms with Gasteiger partial charge in [-0.2, -0.15) is 0 Å². The summed E-state index contributed by atoms with van der Waals surface area (Å²) in [6, 6.07) is 11.0. The third-order valence-corrected chi connectivity index (χ3v) is 3.46. The summed E-state index contributed by atoms with van der Waals surface area (Å²) in [4.78, 5) is 23.0. The number of fused-ring (bicyclic) bond motifs is 3. The molecule has 0 atom stereocenters. The molecule has 0 fully saturated rings. The molecule has 0 radical (unpaired) electrons. The number of aliphatic hydroxyl groups excluding tert-OH is 1. The SMILES string of the molecule is O=CCc1cc(CO)c2c(c1)-c1ccccc1C2=O. The molecule has 0 unspecified atom stereocenters. The Hall–Kier alpha value is -2.26. The Balaban J connectivity index is 2.29. The molecule has 0 amide bonds. The summed E-state index contributed by atoms with van der Waals surface area (Å²) in [5.74, 6) is -0.0488. The summed E-state index contributed by atoms with van der Waals surface area (Å²) in [6.45, 7) is -0.200. The van der Waals surface area contributed by atoms with Crippen LogP contribution in [0.1, 0.15) is 27.0 Å². The molecule has 0 aromatic heterocycles. The maximum absolute atomic E-state index is 12.4. The third kappa shape index (κ3) is 1.71. The molecule has 0 saturated heterocycles. The first-order valence-electron chi connectivity index (χ1n) is 6.10. The van der Waals surface area contributed by atoms with Gasteiger partial charge in [0.1, 0.15) is 6.29 Å². The summed E-state index contributed by atoms with van der Waals surface area (Å²) in [5, 5.41) is 9.45. The van der Waals surface area contributed by atoms with Crippen molar-refractivity contribution < 1.29 is 14.7 Å². The van der Waals surface area contributed by atoms with Gasteiger partial charge in [0.2, 0.25) is 0 Å². The molecule has 0 spiro atoms. The molecular formula is C16H12O3. The maximum atomic E-state index is 12.4. The van der Waals surface area contributed by atoms with Gasteiger partial charge >= 0.3 is 0 Å². The zero-order valence-corrected chi connectivity index (χ0v) is 10.2. The molecule has 3 heteroatoms. The summed E-state index contributed by atoms with van der Waals surface area (Å²) in [7, 11) is 0. The van der Waals surface area contributed by atoms with E-state index in [0.29, 0.717) is 16.7 Å². The van der Waals surface area contributed by atoms with E-state index in [-0.39, 0.29) is 18.8 Å². The number of hydrogen-bond acceptors (Lipinski definition) is 3. The first kappa shape index (κ1) is 11.8. The molecule has 1 aliphatic carbocycles. The Morgan fingerprint density at radius 1 is 1.05 bits per heavy atom. The van der Waals surface area contributed by atoms with Crippen LogP contribution in [0.5, 0.6) is 0 Å². The van der Waals surface area contributed by atoms with E-state index >= 15 is 0 Å². The first-order chi connectivity index (χ1) is 9.26. The molecular weight excluding hydrogens is 240 g/mol. The molecule has 3 nitrogen and oxygen atoms in total. The van der Waals surface area contributed by atoms with Crippen molar-refractivity contribution in [2.75, 3.05) is 0 Å². The Kier molecular flexibility index (Phi) is 2.76. The molecule has 1 aliphatic rings. The topological polar surface area (TPSA) is 54.4 Å². The predicted octanol–water partition coefficient (Wildman–Crippen LogP) is 2.13. The lowest BCUT2D eigenvalue weighted by Gasteiger charge is -2.08. The largest absolute Gasteiger partial charge is 0.392 e. The molecule has 0 heterocycles. The highest BCUT2D eigenvalue weighted by Gasteiger charge is 2.28. The number of rotatable bonds is 3. The van der Waals surface area contributed by atoms with Gasteiger partial charge in [0.15, 0.2) is 5.78 Å². The van der Waals surface area contributed by atoms with E-state index in [1.54, 1.807) is 12.1 Å². The number of hydrogen-bond donors (Lipinski definition) is 1. The van der Waals surface area contributed by atoms with Crippen LogP contribution in [-0.4, -0.2) is 17.2 Å². The highest BCUT2D eigenvalue weighted by atomic mass is 16.3. The number of aliphatic hydroxyl groups is 1. The van der Waals surface area contributed by atoms with Crippen molar-refractivity contribution >= 4 is 12.1 Å². The molecule has 19 heavy (non-hydrogen) atoms. The fraction of sp³-hybridized carbons (Fsp3) is 0.125. The Morgan fingerprint density at radius 3 is 2.47 bits per heavy atom. The molecule has 2 aromatic carbocycles. The van der Waals surface area contributed by atoms with E-state index < -0.39 is 0 Å². The zero-order chi connectivity index (χ0) is 13.4. The summed E-state index contributed by atoms with van der Waals surface area (Å²) < 4.78 is 0. The molecule has 94 valence electrons. The van der Waals surface area contributed by atoms with Gasteiger partial charge in [-0.1, -0.05) is 30.3 Å². The van der Waals surface area contributed by atoms with Crippen molar-refractivity contribution in [1.29, 1.82) is 0 Å². The highest BCUT2D eigenvalue weighted by molar-refractivity contribution is 6.22. The van der Waals surface area contributed by atoms with Crippen LogP contribution in [0.25, 0.3) is 11.1 Å². The Morgan fingerprint density at radius 2 is 1.79 bits per heavy atom. The smallest absolute Gasteiger partial charge is 0.194 e. The van der Waals surface area contributed by atoms with Crippen LogP contribution in [0.15, 0.2) is 36.4 Å². The van der Waals surface area contributed by atoms with Crippen LogP contribution in [0.3, 0.4) is 0 Å². The van der Waals surface area contributed by atoms with Gasteiger partial charge in [-0.25, -0.2) is 0 Å². The predicted molar refractivity (Wildman–Crippen MR) is 71.0 cm³/mol. The van der Waals surface area contributed by atoms with Crippen LogP contribution >= 0.6 is 0 Å². The second-order valence-electron chi connectivity index (χ2n) is 4.58. The minimum Gasteiger partial charge on any atom is -0.392 e. The number of ketones is 1.